The molecule has 178 valence electrons. The third kappa shape index (κ3) is 5.14. The predicted octanol–water partition coefficient (Wildman–Crippen LogP) is 5.17. The van der Waals surface area contributed by atoms with Gasteiger partial charge in [-0.1, -0.05) is 17.7 Å². The molecule has 0 saturated heterocycles. The zero-order chi connectivity index (χ0) is 24.2. The highest BCUT2D eigenvalue weighted by Crippen LogP contribution is 2.34. The quantitative estimate of drug-likeness (QED) is 0.469. The molecule has 3 aromatic rings. The lowest BCUT2D eigenvalue weighted by Gasteiger charge is -2.37. The van der Waals surface area contributed by atoms with Gasteiger partial charge in [0, 0.05) is 23.5 Å². The second-order valence-electron chi connectivity index (χ2n) is 8.56. The molecule has 0 bridgehead atoms. The molecular weight excluding hydrogens is 451 g/mol. The van der Waals surface area contributed by atoms with Crippen molar-refractivity contribution in [1.82, 2.24) is 9.80 Å². The van der Waals surface area contributed by atoms with E-state index in [9.17, 15) is 14.0 Å². The molecule has 7 heteroatoms. The molecule has 2 amide bonds. The minimum Gasteiger partial charge on any atom is -0.491 e. The fourth-order valence-corrected chi connectivity index (χ4v) is 5.29. The molecule has 2 aromatic carbocycles. The van der Waals surface area contributed by atoms with E-state index in [-0.39, 0.29) is 24.4 Å². The van der Waals surface area contributed by atoms with Crippen LogP contribution in [0.2, 0.25) is 0 Å². The smallest absolute Gasteiger partial charge is 0.254 e. The fraction of sp³-hybridized carbons (Fsp3) is 0.333. The largest absolute Gasteiger partial charge is 0.491 e. The molecule has 0 fully saturated rings. The average molecular weight is 481 g/mol. The summed E-state index contributed by atoms with van der Waals surface area (Å²) in [6, 6.07) is 13.3. The molecule has 0 aliphatic carbocycles. The van der Waals surface area contributed by atoms with Crippen LogP contribution in [0.15, 0.2) is 53.9 Å². The number of aryl methyl sites for hydroxylation is 2. The van der Waals surface area contributed by atoms with Crippen LogP contribution in [0.25, 0.3) is 0 Å². The molecule has 1 aliphatic heterocycles. The monoisotopic (exact) mass is 480 g/mol. The van der Waals surface area contributed by atoms with E-state index in [0.29, 0.717) is 25.3 Å². The fourth-order valence-electron chi connectivity index (χ4n) is 4.36. The number of carbonyl (C=O) groups excluding carboxylic acids is 2. The minimum atomic E-state index is -0.401. The second kappa shape index (κ2) is 10.4. The molecule has 34 heavy (non-hydrogen) atoms. The van der Waals surface area contributed by atoms with E-state index in [4.69, 9.17) is 4.74 Å². The van der Waals surface area contributed by atoms with Crippen LogP contribution in [0.3, 0.4) is 0 Å². The van der Waals surface area contributed by atoms with Gasteiger partial charge < -0.3 is 14.5 Å². The predicted molar refractivity (Wildman–Crippen MR) is 132 cm³/mol. The number of fused-ring (bicyclic) bond motifs is 1. The molecule has 0 spiro atoms. The summed E-state index contributed by atoms with van der Waals surface area (Å²) in [5.74, 6) is -0.000194. The molecule has 0 saturated carbocycles. The lowest BCUT2D eigenvalue weighted by molar-refractivity contribution is -0.135. The van der Waals surface area contributed by atoms with E-state index in [0.717, 1.165) is 23.3 Å². The number of hydrogen-bond acceptors (Lipinski definition) is 4. The van der Waals surface area contributed by atoms with Gasteiger partial charge in [-0.15, -0.1) is 11.3 Å². The van der Waals surface area contributed by atoms with Crippen LogP contribution < -0.4 is 4.74 Å². The Morgan fingerprint density at radius 3 is 2.62 bits per heavy atom. The zero-order valence-electron chi connectivity index (χ0n) is 19.7. The highest BCUT2D eigenvalue weighted by atomic mass is 32.1. The first kappa shape index (κ1) is 24.0. The minimum absolute atomic E-state index is 0.0355. The summed E-state index contributed by atoms with van der Waals surface area (Å²) in [5.41, 5.74) is 3.71. The molecule has 0 radical (unpaired) electrons. The Balaban J connectivity index is 1.51. The first-order chi connectivity index (χ1) is 16.4. The van der Waals surface area contributed by atoms with Crippen molar-refractivity contribution in [2.45, 2.75) is 33.2 Å². The lowest BCUT2D eigenvalue weighted by atomic mass is 10.00. The first-order valence-corrected chi connectivity index (χ1v) is 12.4. The van der Waals surface area contributed by atoms with Crippen molar-refractivity contribution in [3.63, 3.8) is 0 Å². The third-order valence-electron chi connectivity index (χ3n) is 6.23. The number of rotatable bonds is 7. The van der Waals surface area contributed by atoms with Gasteiger partial charge in [-0.3, -0.25) is 9.59 Å². The summed E-state index contributed by atoms with van der Waals surface area (Å²) in [5, 5.41) is 2.05. The van der Waals surface area contributed by atoms with Gasteiger partial charge in [-0.2, -0.15) is 0 Å². The lowest BCUT2D eigenvalue weighted by Crippen LogP contribution is -2.47. The standard InChI is InChI=1S/C27H29FN2O3S/c1-4-29(27(32)20-6-8-21(28)9-7-20)16-26(31)30-13-11-25-22(12-14-34-25)23(30)17-33-24-10-5-18(2)15-19(24)3/h5-10,12,14-15,23H,4,11,13,16-17H2,1-3H3/t23-/m0/s1. The molecule has 4 rings (SSSR count). The van der Waals surface area contributed by atoms with Crippen molar-refractivity contribution in [1.29, 1.82) is 0 Å². The van der Waals surface area contributed by atoms with Crippen molar-refractivity contribution in [3.8, 4) is 5.75 Å². The van der Waals surface area contributed by atoms with Gasteiger partial charge in [-0.25, -0.2) is 4.39 Å². The molecule has 5 nitrogen and oxygen atoms in total. The zero-order valence-corrected chi connectivity index (χ0v) is 20.5. The van der Waals surface area contributed by atoms with Crippen molar-refractivity contribution >= 4 is 23.2 Å². The summed E-state index contributed by atoms with van der Waals surface area (Å²) in [4.78, 5) is 31.0. The van der Waals surface area contributed by atoms with E-state index in [1.165, 1.54) is 39.6 Å². The molecule has 1 aromatic heterocycles. The Kier molecular flexibility index (Phi) is 7.32. The summed E-state index contributed by atoms with van der Waals surface area (Å²) >= 11 is 1.70. The van der Waals surface area contributed by atoms with Crippen LogP contribution >= 0.6 is 11.3 Å². The van der Waals surface area contributed by atoms with Gasteiger partial charge in [0.05, 0.1) is 6.04 Å². The van der Waals surface area contributed by atoms with E-state index in [1.54, 1.807) is 11.3 Å². The summed E-state index contributed by atoms with van der Waals surface area (Å²) in [7, 11) is 0. The van der Waals surface area contributed by atoms with Crippen LogP contribution in [-0.4, -0.2) is 47.9 Å². The Hall–Kier alpha value is -3.19. The number of nitrogens with zero attached hydrogens (tertiary/aromatic N) is 2. The molecule has 0 N–H and O–H groups in total. The van der Waals surface area contributed by atoms with Crippen LogP contribution in [0.5, 0.6) is 5.75 Å². The van der Waals surface area contributed by atoms with Crippen molar-refractivity contribution in [2.24, 2.45) is 0 Å². The normalized spacial score (nSPS) is 15.1. The van der Waals surface area contributed by atoms with Gasteiger partial charge in [0.25, 0.3) is 5.91 Å². The third-order valence-corrected chi connectivity index (χ3v) is 7.23. The topological polar surface area (TPSA) is 49.9 Å². The van der Waals surface area contributed by atoms with E-state index >= 15 is 0 Å². The molecule has 1 aliphatic rings. The SMILES string of the molecule is CCN(CC(=O)N1CCc2sccc2[C@@H]1COc1ccc(C)cc1C)C(=O)c1ccc(F)cc1. The highest BCUT2D eigenvalue weighted by Gasteiger charge is 2.33. The molecule has 2 heterocycles. The summed E-state index contributed by atoms with van der Waals surface area (Å²) in [6.45, 7) is 7.16. The van der Waals surface area contributed by atoms with E-state index in [2.05, 4.69) is 17.5 Å². The Morgan fingerprint density at radius 2 is 1.91 bits per heavy atom. The summed E-state index contributed by atoms with van der Waals surface area (Å²) < 4.78 is 19.5. The first-order valence-electron chi connectivity index (χ1n) is 11.5. The molecule has 0 unspecified atom stereocenters. The van der Waals surface area contributed by atoms with Gasteiger partial charge in [0.1, 0.15) is 24.7 Å². The van der Waals surface area contributed by atoms with Crippen molar-refractivity contribution in [3.05, 3.63) is 86.9 Å². The summed E-state index contributed by atoms with van der Waals surface area (Å²) in [6.07, 6.45) is 0.789. The van der Waals surface area contributed by atoms with Crippen LogP contribution in [0.4, 0.5) is 4.39 Å². The molecule has 1 atom stereocenters. The Bertz CT molecular complexity index is 1170. The van der Waals surface area contributed by atoms with Crippen LogP contribution in [0, 0.1) is 19.7 Å². The highest BCUT2D eigenvalue weighted by molar-refractivity contribution is 7.10. The maximum Gasteiger partial charge on any atom is 0.254 e. The number of ether oxygens (including phenoxy) is 1. The van der Waals surface area contributed by atoms with Gasteiger partial charge in [0.2, 0.25) is 5.91 Å². The van der Waals surface area contributed by atoms with Gasteiger partial charge in [0.15, 0.2) is 0 Å². The maximum absolute atomic E-state index is 13.4. The van der Waals surface area contributed by atoms with Crippen molar-refractivity contribution in [2.75, 3.05) is 26.2 Å². The number of carbonyl (C=O) groups is 2. The maximum atomic E-state index is 13.4. The number of thiophene rings is 1. The Labute approximate surface area is 203 Å². The molecular formula is C27H29FN2O3S. The number of hydrogen-bond donors (Lipinski definition) is 0. The second-order valence-corrected chi connectivity index (χ2v) is 9.56. The van der Waals surface area contributed by atoms with Crippen LogP contribution in [-0.2, 0) is 11.2 Å². The average Bonchev–Trinajstić information content (AvgIpc) is 3.31. The number of likely N-dealkylation sites (N-methyl/N-ethyl adjacent to an activating group) is 1. The van der Waals surface area contributed by atoms with Gasteiger partial charge >= 0.3 is 0 Å². The van der Waals surface area contributed by atoms with E-state index in [1.807, 2.05) is 37.8 Å². The Morgan fingerprint density at radius 1 is 1.15 bits per heavy atom. The van der Waals surface area contributed by atoms with Crippen molar-refractivity contribution < 1.29 is 18.7 Å². The number of amides is 2. The van der Waals surface area contributed by atoms with Gasteiger partial charge in [-0.05, 0) is 80.1 Å². The number of benzene rings is 2. The number of halogens is 1. The van der Waals surface area contributed by atoms with Crippen LogP contribution in [0.1, 0.15) is 44.9 Å². The van der Waals surface area contributed by atoms with E-state index < -0.39 is 5.82 Å².